The monoisotopic (exact) mass is 399 g/mol. The van der Waals surface area contributed by atoms with Gasteiger partial charge in [-0.15, -0.1) is 0 Å². The van der Waals surface area contributed by atoms with Gasteiger partial charge in [-0.05, 0) is 43.3 Å². The summed E-state index contributed by atoms with van der Waals surface area (Å²) in [5.74, 6) is -0.399. The Morgan fingerprint density at radius 2 is 2.04 bits per heavy atom. The van der Waals surface area contributed by atoms with E-state index in [4.69, 9.17) is 9.47 Å². The van der Waals surface area contributed by atoms with Crippen LogP contribution in [0.15, 0.2) is 57.6 Å². The number of nitrogens with zero attached hydrogens (tertiary/aromatic N) is 1. The second-order valence-corrected chi connectivity index (χ2v) is 6.40. The van der Waals surface area contributed by atoms with Gasteiger partial charge in [0, 0.05) is 22.5 Å². The zero-order chi connectivity index (χ0) is 18.0. The Bertz CT molecular complexity index is 931. The molecule has 0 atom stereocenters. The minimum absolute atomic E-state index is 0.142. The third-order valence-corrected chi connectivity index (χ3v) is 3.90. The van der Waals surface area contributed by atoms with Gasteiger partial charge >= 0.3 is 11.9 Å². The topological polar surface area (TPSA) is 65.0 Å². The molecule has 25 heavy (non-hydrogen) atoms. The molecule has 0 fully saturated rings. The Balaban J connectivity index is 2.00. The van der Waals surface area contributed by atoms with Crippen molar-refractivity contribution < 1.29 is 19.1 Å². The number of aliphatic imine (C=N–C) groups is 1. The number of cyclic esters (lactones) is 1. The number of aryl methyl sites for hydroxylation is 1. The van der Waals surface area contributed by atoms with Gasteiger partial charge in [-0.2, -0.15) is 0 Å². The van der Waals surface area contributed by atoms with E-state index in [1.54, 1.807) is 18.2 Å². The quantitative estimate of drug-likeness (QED) is 0.444. The molecule has 2 aromatic rings. The van der Waals surface area contributed by atoms with Gasteiger partial charge < -0.3 is 9.47 Å². The van der Waals surface area contributed by atoms with Crippen molar-refractivity contribution >= 4 is 39.8 Å². The van der Waals surface area contributed by atoms with Crippen molar-refractivity contribution in [2.24, 2.45) is 4.99 Å². The molecule has 0 radical (unpaired) electrons. The van der Waals surface area contributed by atoms with E-state index < -0.39 is 11.9 Å². The number of rotatable bonds is 3. The van der Waals surface area contributed by atoms with Crippen LogP contribution < -0.4 is 4.74 Å². The summed E-state index contributed by atoms with van der Waals surface area (Å²) in [6.45, 7) is 3.27. The molecule has 2 aromatic carbocycles. The molecule has 0 N–H and O–H groups in total. The molecular formula is C19H14BrNO4. The molecule has 6 heteroatoms. The second kappa shape index (κ2) is 7.03. The predicted molar refractivity (Wildman–Crippen MR) is 97.2 cm³/mol. The fourth-order valence-corrected chi connectivity index (χ4v) is 2.72. The third kappa shape index (κ3) is 4.03. The van der Waals surface area contributed by atoms with E-state index in [0.717, 1.165) is 15.6 Å². The van der Waals surface area contributed by atoms with Gasteiger partial charge in [0.15, 0.2) is 5.70 Å². The first kappa shape index (κ1) is 17.1. The normalized spacial score (nSPS) is 15.1. The zero-order valence-corrected chi connectivity index (χ0v) is 15.2. The summed E-state index contributed by atoms with van der Waals surface area (Å²) in [5, 5.41) is 0. The lowest BCUT2D eigenvalue weighted by Gasteiger charge is -2.06. The number of esters is 2. The lowest BCUT2D eigenvalue weighted by Crippen LogP contribution is -2.05. The van der Waals surface area contributed by atoms with Crippen LogP contribution in [0.4, 0.5) is 0 Å². The van der Waals surface area contributed by atoms with Gasteiger partial charge in [-0.1, -0.05) is 33.6 Å². The molecule has 1 aliphatic heterocycles. The molecule has 3 rings (SSSR count). The Morgan fingerprint density at radius 1 is 1.24 bits per heavy atom. The number of hydrogen-bond donors (Lipinski definition) is 0. The van der Waals surface area contributed by atoms with Crippen LogP contribution in [0.3, 0.4) is 0 Å². The van der Waals surface area contributed by atoms with E-state index in [-0.39, 0.29) is 11.6 Å². The first-order chi connectivity index (χ1) is 11.9. The molecule has 0 aliphatic carbocycles. The Morgan fingerprint density at radius 3 is 2.76 bits per heavy atom. The molecule has 0 saturated carbocycles. The highest BCUT2D eigenvalue weighted by molar-refractivity contribution is 9.10. The highest BCUT2D eigenvalue weighted by Crippen LogP contribution is 2.28. The standard InChI is InChI=1S/C19H14BrNO4/c1-11-4-3-5-13(8-11)18-21-16(19(23)25-18)10-14-9-15(20)6-7-17(14)24-12(2)22/h3-10H,1-2H3/b16-10-. The lowest BCUT2D eigenvalue weighted by molar-refractivity contribution is -0.132. The Hall–Kier alpha value is -2.73. The van der Waals surface area contributed by atoms with E-state index in [0.29, 0.717) is 11.3 Å². The fourth-order valence-electron chi connectivity index (χ4n) is 2.34. The van der Waals surface area contributed by atoms with Gasteiger partial charge in [0.2, 0.25) is 5.90 Å². The summed E-state index contributed by atoms with van der Waals surface area (Å²) in [7, 11) is 0. The van der Waals surface area contributed by atoms with Crippen molar-refractivity contribution in [3.05, 3.63) is 69.3 Å². The van der Waals surface area contributed by atoms with E-state index in [2.05, 4.69) is 20.9 Å². The lowest BCUT2D eigenvalue weighted by atomic mass is 10.1. The number of benzene rings is 2. The number of halogens is 1. The van der Waals surface area contributed by atoms with Gasteiger partial charge in [-0.3, -0.25) is 4.79 Å². The Labute approximate surface area is 153 Å². The van der Waals surface area contributed by atoms with Crippen LogP contribution in [0.2, 0.25) is 0 Å². The van der Waals surface area contributed by atoms with Crippen molar-refractivity contribution in [2.45, 2.75) is 13.8 Å². The van der Waals surface area contributed by atoms with Gasteiger partial charge in [-0.25, -0.2) is 9.79 Å². The molecular weight excluding hydrogens is 386 g/mol. The molecule has 0 aromatic heterocycles. The smallest absolute Gasteiger partial charge is 0.363 e. The number of carbonyl (C=O) groups is 2. The average molecular weight is 400 g/mol. The van der Waals surface area contributed by atoms with E-state index in [1.807, 2.05) is 31.2 Å². The van der Waals surface area contributed by atoms with Crippen LogP contribution in [0.1, 0.15) is 23.6 Å². The summed E-state index contributed by atoms with van der Waals surface area (Å²) in [4.78, 5) is 27.7. The second-order valence-electron chi connectivity index (χ2n) is 5.48. The maximum absolute atomic E-state index is 12.1. The van der Waals surface area contributed by atoms with Crippen molar-refractivity contribution in [1.82, 2.24) is 0 Å². The zero-order valence-electron chi connectivity index (χ0n) is 13.6. The molecule has 1 aliphatic rings. The fraction of sp³-hybridized carbons (Fsp3) is 0.105. The van der Waals surface area contributed by atoms with Crippen molar-refractivity contribution in [2.75, 3.05) is 0 Å². The minimum Gasteiger partial charge on any atom is -0.426 e. The molecule has 0 amide bonds. The summed E-state index contributed by atoms with van der Waals surface area (Å²) in [6, 6.07) is 12.7. The van der Waals surface area contributed by atoms with Crippen molar-refractivity contribution in [1.29, 1.82) is 0 Å². The van der Waals surface area contributed by atoms with Crippen molar-refractivity contribution in [3.63, 3.8) is 0 Å². The summed E-state index contributed by atoms with van der Waals surface area (Å²) < 4.78 is 11.2. The van der Waals surface area contributed by atoms with Crippen LogP contribution >= 0.6 is 15.9 Å². The minimum atomic E-state index is -0.551. The van der Waals surface area contributed by atoms with Crippen LogP contribution in [-0.2, 0) is 14.3 Å². The highest BCUT2D eigenvalue weighted by Gasteiger charge is 2.24. The first-order valence-corrected chi connectivity index (χ1v) is 8.29. The summed E-state index contributed by atoms with van der Waals surface area (Å²) in [6.07, 6.45) is 1.54. The maximum atomic E-state index is 12.1. The molecule has 126 valence electrons. The maximum Gasteiger partial charge on any atom is 0.363 e. The number of carbonyl (C=O) groups excluding carboxylic acids is 2. The highest BCUT2D eigenvalue weighted by atomic mass is 79.9. The average Bonchev–Trinajstić information content (AvgIpc) is 2.91. The van der Waals surface area contributed by atoms with Crippen LogP contribution in [0.5, 0.6) is 5.75 Å². The molecule has 0 unspecified atom stereocenters. The first-order valence-electron chi connectivity index (χ1n) is 7.50. The van der Waals surface area contributed by atoms with Crippen LogP contribution in [0.25, 0.3) is 6.08 Å². The number of hydrogen-bond acceptors (Lipinski definition) is 5. The molecule has 1 heterocycles. The van der Waals surface area contributed by atoms with Crippen LogP contribution in [-0.4, -0.2) is 17.8 Å². The molecule has 0 saturated heterocycles. The predicted octanol–water partition coefficient (Wildman–Crippen LogP) is 4.03. The molecule has 0 bridgehead atoms. The van der Waals surface area contributed by atoms with Gasteiger partial charge in [0.05, 0.1) is 0 Å². The summed E-state index contributed by atoms with van der Waals surface area (Å²) >= 11 is 3.36. The van der Waals surface area contributed by atoms with E-state index in [1.165, 1.54) is 13.0 Å². The van der Waals surface area contributed by atoms with Gasteiger partial charge in [0.25, 0.3) is 0 Å². The Kier molecular flexibility index (Phi) is 4.81. The van der Waals surface area contributed by atoms with E-state index in [9.17, 15) is 9.59 Å². The summed E-state index contributed by atoms with van der Waals surface area (Å²) in [5.41, 5.74) is 2.46. The third-order valence-electron chi connectivity index (χ3n) is 3.40. The largest absolute Gasteiger partial charge is 0.426 e. The number of ether oxygens (including phenoxy) is 2. The van der Waals surface area contributed by atoms with Crippen LogP contribution in [0, 0.1) is 6.92 Å². The van der Waals surface area contributed by atoms with E-state index >= 15 is 0 Å². The van der Waals surface area contributed by atoms with Gasteiger partial charge in [0.1, 0.15) is 5.75 Å². The molecule has 5 nitrogen and oxygen atoms in total. The molecule has 0 spiro atoms. The van der Waals surface area contributed by atoms with Crippen molar-refractivity contribution in [3.8, 4) is 5.75 Å². The SMILES string of the molecule is CC(=O)Oc1ccc(Br)cc1/C=C1\N=C(c2cccc(C)c2)OC1=O.